The fraction of sp³-hybridized carbons (Fsp3) is 0.533. The summed E-state index contributed by atoms with van der Waals surface area (Å²) in [7, 11) is 0. The predicted octanol–water partition coefficient (Wildman–Crippen LogP) is 5.59. The Labute approximate surface area is 214 Å². The third-order valence-corrected chi connectivity index (χ3v) is 8.45. The zero-order chi connectivity index (χ0) is 25.2. The lowest BCUT2D eigenvalue weighted by Crippen LogP contribution is -2.60. The number of hydrogen-bond donors (Lipinski definition) is 0. The van der Waals surface area contributed by atoms with Crippen molar-refractivity contribution in [1.82, 2.24) is 0 Å². The minimum atomic E-state index is -1.74. The first-order valence-electron chi connectivity index (χ1n) is 13.5. The summed E-state index contributed by atoms with van der Waals surface area (Å²) in [6, 6.07) is 19.4. The van der Waals surface area contributed by atoms with Crippen LogP contribution in [0.2, 0.25) is 0 Å². The van der Waals surface area contributed by atoms with E-state index in [-0.39, 0.29) is 18.6 Å². The highest BCUT2D eigenvalue weighted by molar-refractivity contribution is 5.88. The molecule has 2 aromatic rings. The van der Waals surface area contributed by atoms with E-state index in [2.05, 4.69) is 0 Å². The van der Waals surface area contributed by atoms with Gasteiger partial charge in [-0.05, 0) is 5.92 Å². The lowest BCUT2D eigenvalue weighted by atomic mass is 9.85. The SMILES string of the molecule is CC(C)COC(=O)OC(C(=O)OC1CC2CCC(C1)[N+]21CCCC1)(c1ccccc1)c1ccccc1. The number of carbonyl (C=O) groups is 2. The molecule has 0 radical (unpaired) electrons. The summed E-state index contributed by atoms with van der Waals surface area (Å²) in [5.41, 5.74) is -0.651. The molecule has 3 saturated heterocycles. The van der Waals surface area contributed by atoms with Crippen LogP contribution in [0.15, 0.2) is 60.7 Å². The average molecular weight is 493 g/mol. The second-order valence-corrected chi connectivity index (χ2v) is 11.1. The highest BCUT2D eigenvalue weighted by Gasteiger charge is 2.57. The topological polar surface area (TPSA) is 61.8 Å². The van der Waals surface area contributed by atoms with Crippen LogP contribution in [0.25, 0.3) is 0 Å². The highest BCUT2D eigenvalue weighted by Crippen LogP contribution is 2.47. The van der Waals surface area contributed by atoms with Crippen LogP contribution in [-0.4, -0.2) is 54.5 Å². The summed E-state index contributed by atoms with van der Waals surface area (Å²) in [6.45, 7) is 6.64. The van der Waals surface area contributed by atoms with Gasteiger partial charge >= 0.3 is 12.1 Å². The van der Waals surface area contributed by atoms with Gasteiger partial charge in [0.2, 0.25) is 0 Å². The molecule has 0 saturated carbocycles. The lowest BCUT2D eigenvalue weighted by Gasteiger charge is -2.47. The van der Waals surface area contributed by atoms with Crippen LogP contribution in [-0.2, 0) is 24.6 Å². The second kappa shape index (κ2) is 10.3. The van der Waals surface area contributed by atoms with E-state index in [0.717, 1.165) is 12.8 Å². The Balaban J connectivity index is 1.46. The molecule has 3 aliphatic heterocycles. The standard InChI is InChI=1S/C30H38NO5/c1-22(2)21-34-29(33)36-30(23-11-5-3-6-12-23,24-13-7-4-8-14-24)28(32)35-27-19-25-15-16-26(20-27)31(25)17-9-10-18-31/h3-8,11-14,22,25-27H,9-10,15-21H2,1-2H3/q+1. The number of piperidine rings is 1. The van der Waals surface area contributed by atoms with Gasteiger partial charge in [0.1, 0.15) is 6.10 Å². The van der Waals surface area contributed by atoms with Crippen molar-refractivity contribution in [2.24, 2.45) is 5.92 Å². The molecular formula is C30H38NO5+. The Bertz CT molecular complexity index is 992. The maximum atomic E-state index is 14.2. The minimum Gasteiger partial charge on any atom is -0.458 e. The molecule has 0 aliphatic carbocycles. The van der Waals surface area contributed by atoms with Crippen molar-refractivity contribution >= 4 is 12.1 Å². The summed E-state index contributed by atoms with van der Waals surface area (Å²) in [5, 5.41) is 0. The number of carbonyl (C=O) groups excluding carboxylic acids is 2. The molecule has 3 fully saturated rings. The maximum absolute atomic E-state index is 14.2. The van der Waals surface area contributed by atoms with Crippen molar-refractivity contribution in [3.05, 3.63) is 71.8 Å². The zero-order valence-electron chi connectivity index (χ0n) is 21.4. The first-order valence-corrected chi connectivity index (χ1v) is 13.5. The number of hydrogen-bond acceptors (Lipinski definition) is 5. The fourth-order valence-electron chi connectivity index (χ4n) is 6.84. The van der Waals surface area contributed by atoms with Crippen molar-refractivity contribution in [1.29, 1.82) is 0 Å². The molecule has 6 nitrogen and oxygen atoms in total. The Hall–Kier alpha value is -2.86. The Morgan fingerprint density at radius 2 is 1.42 bits per heavy atom. The molecule has 0 aromatic heterocycles. The molecule has 0 amide bonds. The molecule has 6 heteroatoms. The maximum Gasteiger partial charge on any atom is 0.510 e. The van der Waals surface area contributed by atoms with E-state index in [1.807, 2.05) is 50.2 Å². The molecule has 0 N–H and O–H groups in total. The van der Waals surface area contributed by atoms with Gasteiger partial charge in [-0.1, -0.05) is 74.5 Å². The van der Waals surface area contributed by atoms with E-state index >= 15 is 0 Å². The van der Waals surface area contributed by atoms with Gasteiger partial charge in [0, 0.05) is 49.7 Å². The van der Waals surface area contributed by atoms with Crippen LogP contribution in [0.3, 0.4) is 0 Å². The van der Waals surface area contributed by atoms with Crippen LogP contribution >= 0.6 is 0 Å². The predicted molar refractivity (Wildman–Crippen MR) is 136 cm³/mol. The van der Waals surface area contributed by atoms with Crippen molar-refractivity contribution in [2.75, 3.05) is 19.7 Å². The van der Waals surface area contributed by atoms with E-state index in [0.29, 0.717) is 23.2 Å². The highest BCUT2D eigenvalue weighted by atomic mass is 16.7. The van der Waals surface area contributed by atoms with Crippen LogP contribution in [0.5, 0.6) is 0 Å². The molecular weight excluding hydrogens is 454 g/mol. The second-order valence-electron chi connectivity index (χ2n) is 11.1. The van der Waals surface area contributed by atoms with E-state index in [9.17, 15) is 9.59 Å². The van der Waals surface area contributed by atoms with Gasteiger partial charge in [-0.3, -0.25) is 0 Å². The largest absolute Gasteiger partial charge is 0.510 e. The number of benzene rings is 2. The fourth-order valence-corrected chi connectivity index (χ4v) is 6.84. The van der Waals surface area contributed by atoms with E-state index in [4.69, 9.17) is 14.2 Å². The van der Waals surface area contributed by atoms with Crippen LogP contribution in [0, 0.1) is 5.92 Å². The van der Waals surface area contributed by atoms with Gasteiger partial charge < -0.3 is 18.7 Å². The van der Waals surface area contributed by atoms with Crippen molar-refractivity contribution in [3.8, 4) is 0 Å². The van der Waals surface area contributed by atoms with Crippen molar-refractivity contribution in [2.45, 2.75) is 76.2 Å². The quantitative estimate of drug-likeness (QED) is 0.373. The Morgan fingerprint density at radius 1 is 0.889 bits per heavy atom. The molecule has 2 aromatic carbocycles. The third-order valence-electron chi connectivity index (χ3n) is 8.45. The molecule has 2 atom stereocenters. The van der Waals surface area contributed by atoms with Gasteiger partial charge in [-0.25, -0.2) is 9.59 Å². The number of esters is 1. The van der Waals surface area contributed by atoms with Crippen molar-refractivity contribution in [3.63, 3.8) is 0 Å². The third kappa shape index (κ3) is 4.52. The number of rotatable bonds is 7. The van der Waals surface area contributed by atoms with Gasteiger partial charge in [0.05, 0.1) is 31.8 Å². The van der Waals surface area contributed by atoms with Crippen LogP contribution in [0.4, 0.5) is 4.79 Å². The van der Waals surface area contributed by atoms with Gasteiger partial charge in [-0.15, -0.1) is 0 Å². The van der Waals surface area contributed by atoms with Gasteiger partial charge in [0.25, 0.3) is 5.60 Å². The van der Waals surface area contributed by atoms with Gasteiger partial charge in [-0.2, -0.15) is 0 Å². The van der Waals surface area contributed by atoms with Gasteiger partial charge in [0.15, 0.2) is 0 Å². The monoisotopic (exact) mass is 492 g/mol. The Kier molecular flexibility index (Phi) is 7.07. The molecule has 1 spiro atoms. The normalized spacial score (nSPS) is 24.6. The molecule has 3 aliphatic rings. The number of quaternary nitrogens is 1. The summed E-state index contributed by atoms with van der Waals surface area (Å²) in [5.74, 6) is -0.410. The summed E-state index contributed by atoms with van der Waals surface area (Å²) in [4.78, 5) is 27.1. The van der Waals surface area contributed by atoms with E-state index < -0.39 is 17.7 Å². The minimum absolute atomic E-state index is 0.145. The Morgan fingerprint density at radius 3 is 1.92 bits per heavy atom. The molecule has 3 heterocycles. The first kappa shape index (κ1) is 24.8. The lowest BCUT2D eigenvalue weighted by molar-refractivity contribution is -0.956. The van der Waals surface area contributed by atoms with E-state index in [1.165, 1.54) is 43.3 Å². The van der Waals surface area contributed by atoms with Crippen LogP contribution in [0.1, 0.15) is 63.5 Å². The summed E-state index contributed by atoms with van der Waals surface area (Å²) >= 11 is 0. The number of nitrogens with zero attached hydrogens (tertiary/aromatic N) is 1. The number of ether oxygens (including phenoxy) is 3. The molecule has 5 rings (SSSR count). The molecule has 2 unspecified atom stereocenters. The average Bonchev–Trinajstić information content (AvgIpc) is 3.43. The first-order chi connectivity index (χ1) is 17.4. The summed E-state index contributed by atoms with van der Waals surface area (Å²) in [6.07, 6.45) is 5.71. The molecule has 36 heavy (non-hydrogen) atoms. The molecule has 2 bridgehead atoms. The van der Waals surface area contributed by atoms with Crippen molar-refractivity contribution < 1.29 is 28.3 Å². The summed E-state index contributed by atoms with van der Waals surface area (Å²) < 4.78 is 18.9. The molecule has 192 valence electrons. The zero-order valence-corrected chi connectivity index (χ0v) is 21.4. The van der Waals surface area contributed by atoms with E-state index in [1.54, 1.807) is 24.3 Å². The smallest absolute Gasteiger partial charge is 0.458 e. The van der Waals surface area contributed by atoms with Crippen LogP contribution < -0.4 is 0 Å².